The van der Waals surface area contributed by atoms with Gasteiger partial charge in [0, 0.05) is 25.1 Å². The molecule has 1 aromatic rings. The first-order valence-corrected chi connectivity index (χ1v) is 11.1. The Morgan fingerprint density at radius 1 is 1.26 bits per heavy atom. The number of nitrogens with zero attached hydrogens (tertiary/aromatic N) is 1. The van der Waals surface area contributed by atoms with Crippen LogP contribution in [0.4, 0.5) is 11.4 Å². The number of carbonyl (C=O) groups excluding carboxylic acids is 2. The summed E-state index contributed by atoms with van der Waals surface area (Å²) in [6.45, 7) is 0.617. The molecular weight excluding hydrogens is 368 g/mol. The van der Waals surface area contributed by atoms with Crippen LogP contribution in [0.25, 0.3) is 0 Å². The smallest absolute Gasteiger partial charge is 0.227 e. The van der Waals surface area contributed by atoms with Crippen LogP contribution in [0.2, 0.25) is 0 Å². The number of nitrogens with one attached hydrogen (secondary N) is 1. The standard InChI is InChI=1S/C19H26N2O5S/c1-26-17-9-8-14(13-16(17)21-11-4-7-19(21)23)20-18(22)10-12-27(24,25)15-5-2-3-6-15/h8-9,13,15H,2-7,10-12H2,1H3,(H,20,22). The van der Waals surface area contributed by atoms with Crippen LogP contribution >= 0.6 is 0 Å². The SMILES string of the molecule is COc1ccc(NC(=O)CCS(=O)(=O)C2CCCC2)cc1N1CCCC1=O. The van der Waals surface area contributed by atoms with Gasteiger partial charge in [-0.2, -0.15) is 0 Å². The molecule has 0 spiro atoms. The quantitative estimate of drug-likeness (QED) is 0.767. The maximum atomic E-state index is 12.3. The zero-order valence-electron chi connectivity index (χ0n) is 15.6. The molecule has 1 aliphatic heterocycles. The van der Waals surface area contributed by atoms with Gasteiger partial charge in [0.25, 0.3) is 0 Å². The average Bonchev–Trinajstić information content (AvgIpc) is 3.32. The van der Waals surface area contributed by atoms with Crippen LogP contribution in [0.15, 0.2) is 18.2 Å². The Balaban J connectivity index is 1.64. The van der Waals surface area contributed by atoms with Crippen molar-refractivity contribution in [1.82, 2.24) is 0 Å². The number of benzene rings is 1. The van der Waals surface area contributed by atoms with Crippen molar-refractivity contribution in [1.29, 1.82) is 0 Å². The predicted molar refractivity (Wildman–Crippen MR) is 104 cm³/mol. The number of rotatable bonds is 7. The van der Waals surface area contributed by atoms with Crippen LogP contribution in [0.1, 0.15) is 44.9 Å². The van der Waals surface area contributed by atoms with Crippen molar-refractivity contribution in [3.05, 3.63) is 18.2 Å². The highest BCUT2D eigenvalue weighted by Crippen LogP contribution is 2.34. The lowest BCUT2D eigenvalue weighted by atomic mass is 10.2. The van der Waals surface area contributed by atoms with E-state index in [2.05, 4.69) is 5.32 Å². The number of anilines is 2. The summed E-state index contributed by atoms with van der Waals surface area (Å²) in [5, 5.41) is 2.45. The summed E-state index contributed by atoms with van der Waals surface area (Å²) in [7, 11) is -1.69. The van der Waals surface area contributed by atoms with Crippen molar-refractivity contribution in [3.63, 3.8) is 0 Å². The normalized spacial score (nSPS) is 18.1. The molecule has 27 heavy (non-hydrogen) atoms. The molecule has 1 aromatic carbocycles. The minimum atomic E-state index is -3.22. The van der Waals surface area contributed by atoms with Gasteiger partial charge in [0.05, 0.1) is 23.8 Å². The molecule has 1 aliphatic carbocycles. The molecule has 0 atom stereocenters. The van der Waals surface area contributed by atoms with Crippen LogP contribution < -0.4 is 15.0 Å². The first kappa shape index (κ1) is 19.7. The van der Waals surface area contributed by atoms with Gasteiger partial charge in [0.1, 0.15) is 5.75 Å². The first-order chi connectivity index (χ1) is 12.9. The summed E-state index contributed by atoms with van der Waals surface area (Å²) in [6, 6.07) is 5.09. The molecule has 0 aromatic heterocycles. The lowest BCUT2D eigenvalue weighted by molar-refractivity contribution is -0.117. The van der Waals surface area contributed by atoms with E-state index in [9.17, 15) is 18.0 Å². The number of carbonyl (C=O) groups is 2. The molecule has 1 N–H and O–H groups in total. The van der Waals surface area contributed by atoms with E-state index in [1.54, 1.807) is 23.1 Å². The van der Waals surface area contributed by atoms with Crippen molar-refractivity contribution in [2.45, 2.75) is 50.2 Å². The number of amides is 2. The summed E-state index contributed by atoms with van der Waals surface area (Å²) in [5.74, 6) is 0.115. The average molecular weight is 394 g/mol. The monoisotopic (exact) mass is 394 g/mol. The molecular formula is C19H26N2O5S. The maximum absolute atomic E-state index is 12.3. The van der Waals surface area contributed by atoms with Crippen molar-refractivity contribution in [2.24, 2.45) is 0 Å². The van der Waals surface area contributed by atoms with Gasteiger partial charge >= 0.3 is 0 Å². The molecule has 148 valence electrons. The topological polar surface area (TPSA) is 92.8 Å². The Kier molecular flexibility index (Phi) is 6.04. The summed E-state index contributed by atoms with van der Waals surface area (Å²) in [4.78, 5) is 25.9. The van der Waals surface area contributed by atoms with Crippen molar-refractivity contribution < 1.29 is 22.7 Å². The molecule has 2 amide bonds. The number of hydrogen-bond donors (Lipinski definition) is 1. The Labute approximate surface area is 160 Å². The van der Waals surface area contributed by atoms with Gasteiger partial charge < -0.3 is 15.0 Å². The van der Waals surface area contributed by atoms with Gasteiger partial charge in [-0.25, -0.2) is 8.42 Å². The molecule has 1 saturated heterocycles. The number of sulfone groups is 1. The highest BCUT2D eigenvalue weighted by atomic mass is 32.2. The molecule has 3 rings (SSSR count). The molecule has 0 unspecified atom stereocenters. The molecule has 2 fully saturated rings. The van der Waals surface area contributed by atoms with E-state index < -0.39 is 9.84 Å². The second kappa shape index (κ2) is 8.29. The highest BCUT2D eigenvalue weighted by Gasteiger charge is 2.29. The van der Waals surface area contributed by atoms with Crippen LogP contribution in [0.3, 0.4) is 0 Å². The fraction of sp³-hybridized carbons (Fsp3) is 0.579. The summed E-state index contributed by atoms with van der Waals surface area (Å²) < 4.78 is 29.9. The molecule has 1 saturated carbocycles. The van der Waals surface area contributed by atoms with Gasteiger partial charge in [-0.3, -0.25) is 9.59 Å². The van der Waals surface area contributed by atoms with E-state index in [-0.39, 0.29) is 29.2 Å². The minimum Gasteiger partial charge on any atom is -0.495 e. The Morgan fingerprint density at radius 2 is 2.00 bits per heavy atom. The Hall–Kier alpha value is -2.09. The second-order valence-corrected chi connectivity index (χ2v) is 9.51. The first-order valence-electron chi connectivity index (χ1n) is 9.40. The van der Waals surface area contributed by atoms with Crippen LogP contribution in [-0.2, 0) is 19.4 Å². The number of hydrogen-bond acceptors (Lipinski definition) is 5. The highest BCUT2D eigenvalue weighted by molar-refractivity contribution is 7.92. The van der Waals surface area contributed by atoms with Crippen LogP contribution in [-0.4, -0.2) is 44.9 Å². The van der Waals surface area contributed by atoms with E-state index in [4.69, 9.17) is 4.74 Å². The van der Waals surface area contributed by atoms with Crippen molar-refractivity contribution in [3.8, 4) is 5.75 Å². The largest absolute Gasteiger partial charge is 0.495 e. The third-order valence-electron chi connectivity index (χ3n) is 5.25. The molecule has 0 bridgehead atoms. The lowest BCUT2D eigenvalue weighted by Crippen LogP contribution is -2.25. The number of methoxy groups -OCH3 is 1. The molecule has 8 heteroatoms. The van der Waals surface area contributed by atoms with Gasteiger partial charge in [0.15, 0.2) is 9.84 Å². The zero-order valence-corrected chi connectivity index (χ0v) is 16.4. The van der Waals surface area contributed by atoms with E-state index in [1.807, 2.05) is 0 Å². The van der Waals surface area contributed by atoms with Crippen molar-refractivity contribution in [2.75, 3.05) is 29.6 Å². The van der Waals surface area contributed by atoms with E-state index in [0.29, 0.717) is 42.9 Å². The molecule has 7 nitrogen and oxygen atoms in total. The summed E-state index contributed by atoms with van der Waals surface area (Å²) in [6.07, 6.45) is 4.52. The number of ether oxygens (including phenoxy) is 1. The Morgan fingerprint density at radius 3 is 2.63 bits per heavy atom. The van der Waals surface area contributed by atoms with Gasteiger partial charge in [-0.05, 0) is 37.5 Å². The van der Waals surface area contributed by atoms with E-state index in [0.717, 1.165) is 19.3 Å². The molecule has 1 heterocycles. The summed E-state index contributed by atoms with van der Waals surface area (Å²) in [5.41, 5.74) is 1.14. The minimum absolute atomic E-state index is 0.0273. The fourth-order valence-electron chi connectivity index (χ4n) is 3.75. The zero-order chi connectivity index (χ0) is 19.4. The fourth-order valence-corrected chi connectivity index (χ4v) is 5.61. The van der Waals surface area contributed by atoms with Crippen molar-refractivity contribution >= 4 is 33.0 Å². The van der Waals surface area contributed by atoms with Gasteiger partial charge in [0.2, 0.25) is 11.8 Å². The van der Waals surface area contributed by atoms with Gasteiger partial charge in [-0.1, -0.05) is 12.8 Å². The molecule has 0 radical (unpaired) electrons. The summed E-state index contributed by atoms with van der Waals surface area (Å²) >= 11 is 0. The van der Waals surface area contributed by atoms with E-state index >= 15 is 0 Å². The molecule has 2 aliphatic rings. The Bertz CT molecular complexity index is 815. The predicted octanol–water partition coefficient (Wildman–Crippen LogP) is 2.51. The second-order valence-electron chi connectivity index (χ2n) is 7.11. The van der Waals surface area contributed by atoms with Gasteiger partial charge in [-0.15, -0.1) is 0 Å². The van der Waals surface area contributed by atoms with Crippen LogP contribution in [0, 0.1) is 0 Å². The third-order valence-corrected chi connectivity index (χ3v) is 7.51. The van der Waals surface area contributed by atoms with Crippen LogP contribution in [0.5, 0.6) is 5.75 Å². The maximum Gasteiger partial charge on any atom is 0.227 e. The van der Waals surface area contributed by atoms with E-state index in [1.165, 1.54) is 7.11 Å². The third kappa shape index (κ3) is 4.61. The lowest BCUT2D eigenvalue weighted by Gasteiger charge is -2.20.